The van der Waals surface area contributed by atoms with Gasteiger partial charge in [-0.2, -0.15) is 0 Å². The Morgan fingerprint density at radius 1 is 1.03 bits per heavy atom. The van der Waals surface area contributed by atoms with Crippen LogP contribution in [0.15, 0.2) is 24.5 Å². The molecule has 0 bridgehead atoms. The topological polar surface area (TPSA) is 59.4 Å². The number of nitrogens with zero attached hydrogens (tertiary/aromatic N) is 1. The van der Waals surface area contributed by atoms with Gasteiger partial charge in [-0.05, 0) is 116 Å². The summed E-state index contributed by atoms with van der Waals surface area (Å²) in [6.07, 6.45) is 15.3. The van der Waals surface area contributed by atoms with Gasteiger partial charge in [-0.1, -0.05) is 48.0 Å². The highest BCUT2D eigenvalue weighted by atomic mass is 16.5. The highest BCUT2D eigenvalue weighted by molar-refractivity contribution is 5.88. The van der Waals surface area contributed by atoms with Crippen molar-refractivity contribution in [2.45, 2.75) is 112 Å². The second-order valence-electron chi connectivity index (χ2n) is 14.6. The lowest BCUT2D eigenvalue weighted by atomic mass is 9.33. The predicted molar refractivity (Wildman–Crippen MR) is 148 cm³/mol. The fourth-order valence-electron chi connectivity index (χ4n) is 10.7. The van der Waals surface area contributed by atoms with Crippen LogP contribution >= 0.6 is 0 Å². The Kier molecular flexibility index (Phi) is 7.08. The molecule has 4 saturated carbocycles. The molecule has 1 aromatic heterocycles. The van der Waals surface area contributed by atoms with Crippen LogP contribution in [-0.2, 0) is 4.74 Å². The Bertz CT molecular complexity index is 981. The number of pyridine rings is 1. The summed E-state index contributed by atoms with van der Waals surface area (Å²) >= 11 is 0. The van der Waals surface area contributed by atoms with Gasteiger partial charge in [0.25, 0.3) is 0 Å². The fourth-order valence-corrected chi connectivity index (χ4v) is 10.7. The molecule has 1 N–H and O–H groups in total. The zero-order chi connectivity index (χ0) is 26.6. The first-order valence-electron chi connectivity index (χ1n) is 15.3. The molecule has 4 aliphatic carbocycles. The summed E-state index contributed by atoms with van der Waals surface area (Å²) in [4.78, 5) is 16.9. The first kappa shape index (κ1) is 27.2. The Morgan fingerprint density at radius 3 is 2.51 bits per heavy atom. The lowest BCUT2D eigenvalue weighted by molar-refractivity contribution is -0.237. The molecule has 0 spiro atoms. The standard InChI is InChI=1S/C33H51NO3/c1-7-9-25-26-11-12-28-31(4)15-14-27(35)22(2)24(31)13-16-33(28,6)32(26,5)18-17-30(25,3)21-37-29(36)23-10-8-19-34-20-23/h8,10,19-20,22,24-28,35H,7,9,11-18,21H2,1-6H3/t22?,24?,25?,26?,27?,28?,30?,31?,32-,33?/m1/s1. The van der Waals surface area contributed by atoms with Crippen LogP contribution in [0.2, 0.25) is 0 Å². The molecule has 9 unspecified atom stereocenters. The average molecular weight is 510 g/mol. The van der Waals surface area contributed by atoms with Crippen LogP contribution in [0.3, 0.4) is 0 Å². The van der Waals surface area contributed by atoms with Crippen molar-refractivity contribution in [3.05, 3.63) is 30.1 Å². The molecule has 0 saturated heterocycles. The van der Waals surface area contributed by atoms with Crippen LogP contribution in [0.4, 0.5) is 0 Å². The van der Waals surface area contributed by atoms with E-state index in [9.17, 15) is 9.90 Å². The number of hydrogen-bond donors (Lipinski definition) is 1. The van der Waals surface area contributed by atoms with E-state index in [2.05, 4.69) is 46.5 Å². The smallest absolute Gasteiger partial charge is 0.339 e. The van der Waals surface area contributed by atoms with Gasteiger partial charge in [0, 0.05) is 17.8 Å². The molecule has 4 heteroatoms. The summed E-state index contributed by atoms with van der Waals surface area (Å²) in [7, 11) is 0. The molecular weight excluding hydrogens is 458 g/mol. The number of esters is 1. The number of hydrogen-bond acceptors (Lipinski definition) is 4. The maximum atomic E-state index is 12.8. The summed E-state index contributed by atoms with van der Waals surface area (Å²) < 4.78 is 6.00. The minimum Gasteiger partial charge on any atom is -0.461 e. The normalized spacial score (nSPS) is 47.3. The van der Waals surface area contributed by atoms with Crippen molar-refractivity contribution in [3.63, 3.8) is 0 Å². The Morgan fingerprint density at radius 2 is 1.81 bits per heavy atom. The number of carbonyl (C=O) groups excluding carboxylic acids is 1. The molecule has 206 valence electrons. The van der Waals surface area contributed by atoms with Gasteiger partial charge in [0.05, 0.1) is 18.3 Å². The van der Waals surface area contributed by atoms with E-state index in [-0.39, 0.29) is 17.5 Å². The van der Waals surface area contributed by atoms with Crippen molar-refractivity contribution < 1.29 is 14.6 Å². The Hall–Kier alpha value is -1.42. The van der Waals surface area contributed by atoms with Gasteiger partial charge in [-0.15, -0.1) is 0 Å². The second kappa shape index (κ2) is 9.65. The molecule has 0 aliphatic heterocycles. The zero-order valence-corrected chi connectivity index (χ0v) is 24.3. The van der Waals surface area contributed by atoms with E-state index in [4.69, 9.17) is 4.74 Å². The van der Waals surface area contributed by atoms with Crippen LogP contribution in [0.5, 0.6) is 0 Å². The van der Waals surface area contributed by atoms with E-state index < -0.39 is 0 Å². The highest BCUT2D eigenvalue weighted by Crippen LogP contribution is 2.74. The monoisotopic (exact) mass is 509 g/mol. The Labute approximate surface area is 225 Å². The number of carbonyl (C=O) groups is 1. The van der Waals surface area contributed by atoms with Crippen LogP contribution in [0.25, 0.3) is 0 Å². The molecule has 0 radical (unpaired) electrons. The van der Waals surface area contributed by atoms with Gasteiger partial charge in [0.2, 0.25) is 0 Å². The molecule has 0 amide bonds. The van der Waals surface area contributed by atoms with E-state index in [0.717, 1.165) is 18.8 Å². The number of rotatable bonds is 5. The van der Waals surface area contributed by atoms with Crippen molar-refractivity contribution in [3.8, 4) is 0 Å². The highest BCUT2D eigenvalue weighted by Gasteiger charge is 2.67. The predicted octanol–water partition coefficient (Wildman–Crippen LogP) is 7.70. The van der Waals surface area contributed by atoms with Gasteiger partial charge < -0.3 is 9.84 Å². The molecule has 4 fully saturated rings. The maximum Gasteiger partial charge on any atom is 0.339 e. The van der Waals surface area contributed by atoms with Gasteiger partial charge in [-0.25, -0.2) is 4.79 Å². The number of aliphatic hydroxyl groups excluding tert-OH is 1. The summed E-state index contributed by atoms with van der Waals surface area (Å²) in [5.41, 5.74) is 1.56. The molecule has 0 aromatic carbocycles. The third kappa shape index (κ3) is 4.10. The van der Waals surface area contributed by atoms with Crippen LogP contribution < -0.4 is 0 Å². The third-order valence-electron chi connectivity index (χ3n) is 13.1. The van der Waals surface area contributed by atoms with Crippen molar-refractivity contribution >= 4 is 5.97 Å². The van der Waals surface area contributed by atoms with E-state index >= 15 is 0 Å². The lowest BCUT2D eigenvalue weighted by Crippen LogP contribution is -2.65. The first-order chi connectivity index (χ1) is 17.5. The van der Waals surface area contributed by atoms with E-state index in [0.29, 0.717) is 52.1 Å². The number of ether oxygens (including phenoxy) is 1. The van der Waals surface area contributed by atoms with Crippen molar-refractivity contribution in [1.29, 1.82) is 0 Å². The van der Waals surface area contributed by atoms with Gasteiger partial charge in [0.1, 0.15) is 0 Å². The number of aliphatic hydroxyl groups is 1. The SMILES string of the molecule is CCCC1C2CCC3C4(C)CCC(O)C(C)C4CCC3(C)[C@]2(C)CCC1(C)COC(=O)c1cccnc1. The lowest BCUT2D eigenvalue weighted by Gasteiger charge is -2.72. The second-order valence-corrected chi connectivity index (χ2v) is 14.6. The molecule has 37 heavy (non-hydrogen) atoms. The van der Waals surface area contributed by atoms with Crippen molar-refractivity contribution in [1.82, 2.24) is 4.98 Å². The van der Waals surface area contributed by atoms with Crippen molar-refractivity contribution in [2.24, 2.45) is 51.2 Å². The summed E-state index contributed by atoms with van der Waals surface area (Å²) in [6, 6.07) is 3.59. The summed E-state index contributed by atoms with van der Waals surface area (Å²) in [6.45, 7) is 15.5. The number of aromatic nitrogens is 1. The summed E-state index contributed by atoms with van der Waals surface area (Å²) in [5, 5.41) is 10.7. The van der Waals surface area contributed by atoms with Gasteiger partial charge in [0.15, 0.2) is 0 Å². The molecular formula is C33H51NO3. The first-order valence-corrected chi connectivity index (χ1v) is 15.3. The summed E-state index contributed by atoms with van der Waals surface area (Å²) in [5.74, 6) is 2.83. The molecule has 1 aromatic rings. The Balaban J connectivity index is 1.40. The van der Waals surface area contributed by atoms with Crippen LogP contribution in [0, 0.1) is 51.2 Å². The van der Waals surface area contributed by atoms with Crippen LogP contribution in [-0.4, -0.2) is 28.8 Å². The van der Waals surface area contributed by atoms with E-state index in [1.54, 1.807) is 24.5 Å². The molecule has 5 rings (SSSR count). The van der Waals surface area contributed by atoms with Gasteiger partial charge >= 0.3 is 5.97 Å². The van der Waals surface area contributed by atoms with Crippen molar-refractivity contribution in [2.75, 3.05) is 6.61 Å². The van der Waals surface area contributed by atoms with Crippen LogP contribution in [0.1, 0.15) is 116 Å². The molecule has 10 atom stereocenters. The quantitative estimate of drug-likeness (QED) is 0.413. The molecule has 4 nitrogen and oxygen atoms in total. The molecule has 1 heterocycles. The van der Waals surface area contributed by atoms with E-state index in [1.807, 2.05) is 0 Å². The van der Waals surface area contributed by atoms with Gasteiger partial charge in [-0.3, -0.25) is 4.98 Å². The molecule has 4 aliphatic rings. The largest absolute Gasteiger partial charge is 0.461 e. The average Bonchev–Trinajstić information content (AvgIpc) is 2.88. The fraction of sp³-hybridized carbons (Fsp3) is 0.818. The minimum atomic E-state index is -0.242. The maximum absolute atomic E-state index is 12.8. The number of fused-ring (bicyclic) bond motifs is 5. The zero-order valence-electron chi connectivity index (χ0n) is 24.3. The minimum absolute atomic E-state index is 0.0197. The third-order valence-corrected chi connectivity index (χ3v) is 13.1. The van der Waals surface area contributed by atoms with E-state index in [1.165, 1.54) is 51.4 Å².